The van der Waals surface area contributed by atoms with E-state index in [9.17, 15) is 0 Å². The fourth-order valence-corrected chi connectivity index (χ4v) is 7.18. The zero-order chi connectivity index (χ0) is 30.1. The molecule has 5 rings (SSSR count). The molecule has 3 aliphatic rings. The first-order valence-electron chi connectivity index (χ1n) is 17.5. The van der Waals surface area contributed by atoms with Gasteiger partial charge in [0.25, 0.3) is 0 Å². The zero-order valence-corrected chi connectivity index (χ0v) is 27.6. The monoisotopic (exact) mass is 590 g/mol. The van der Waals surface area contributed by atoms with Gasteiger partial charge in [0.2, 0.25) is 0 Å². The fraction of sp³-hybridized carbons (Fsp3) is 0.692. The van der Waals surface area contributed by atoms with Crippen molar-refractivity contribution >= 4 is 16.3 Å². The maximum Gasteiger partial charge on any atom is 0.157 e. The van der Waals surface area contributed by atoms with Gasteiger partial charge < -0.3 is 18.9 Å². The summed E-state index contributed by atoms with van der Waals surface area (Å²) < 4.78 is 23.9. The molecule has 2 heterocycles. The average molecular weight is 591 g/mol. The molecule has 2 fully saturated rings. The van der Waals surface area contributed by atoms with Crippen LogP contribution in [-0.4, -0.2) is 39.0 Å². The van der Waals surface area contributed by atoms with Crippen molar-refractivity contribution in [3.8, 4) is 0 Å². The lowest BCUT2D eigenvalue weighted by atomic mass is 9.78. The van der Waals surface area contributed by atoms with E-state index in [0.29, 0.717) is 5.92 Å². The Labute approximate surface area is 261 Å². The van der Waals surface area contributed by atoms with Crippen LogP contribution in [0.2, 0.25) is 0 Å². The maximum atomic E-state index is 6.15. The fourth-order valence-electron chi connectivity index (χ4n) is 7.18. The molecule has 0 spiro atoms. The van der Waals surface area contributed by atoms with Crippen LogP contribution >= 0.6 is 0 Å². The van der Waals surface area contributed by atoms with Gasteiger partial charge in [-0.1, -0.05) is 89.4 Å². The van der Waals surface area contributed by atoms with Gasteiger partial charge in [0.15, 0.2) is 12.6 Å². The Bertz CT molecular complexity index is 1160. The Morgan fingerprint density at radius 1 is 0.721 bits per heavy atom. The molecule has 3 atom stereocenters. The molecule has 2 aromatic rings. The summed E-state index contributed by atoms with van der Waals surface area (Å²) in [6.07, 6.45) is 19.2. The van der Waals surface area contributed by atoms with E-state index >= 15 is 0 Å². The molecule has 3 unspecified atom stereocenters. The second-order valence-corrected chi connectivity index (χ2v) is 15.0. The first-order chi connectivity index (χ1) is 20.8. The molecular weight excluding hydrogens is 532 g/mol. The van der Waals surface area contributed by atoms with E-state index in [1.54, 1.807) is 5.57 Å². The minimum Gasteiger partial charge on any atom is -0.353 e. The van der Waals surface area contributed by atoms with Crippen molar-refractivity contribution in [2.24, 2.45) is 10.8 Å². The molecule has 2 saturated heterocycles. The molecule has 0 bridgehead atoms. The minimum atomic E-state index is 0.00784. The Hall–Kier alpha value is -1.72. The molecule has 0 radical (unpaired) electrons. The molecule has 238 valence electrons. The lowest BCUT2D eigenvalue weighted by Gasteiger charge is -2.30. The summed E-state index contributed by atoms with van der Waals surface area (Å²) in [7, 11) is 0. The smallest absolute Gasteiger partial charge is 0.157 e. The highest BCUT2D eigenvalue weighted by Crippen LogP contribution is 2.43. The third kappa shape index (κ3) is 9.63. The SMILES string of the molecule is CC(C)(CCCCC1=CC(CCCCC(C)(C)COC2CCCCO2)c2cccc3cccc1c23)COC1CCCCO1. The molecule has 0 aromatic heterocycles. The van der Waals surface area contributed by atoms with Crippen LogP contribution in [0, 0.1) is 10.8 Å². The first kappa shape index (κ1) is 32.7. The van der Waals surface area contributed by atoms with E-state index in [1.807, 2.05) is 0 Å². The highest BCUT2D eigenvalue weighted by Gasteiger charge is 2.26. The van der Waals surface area contributed by atoms with Crippen LogP contribution in [0.1, 0.15) is 135 Å². The van der Waals surface area contributed by atoms with Crippen molar-refractivity contribution in [2.75, 3.05) is 26.4 Å². The molecule has 2 aromatic carbocycles. The Morgan fingerprint density at radius 3 is 1.93 bits per heavy atom. The van der Waals surface area contributed by atoms with Crippen LogP contribution in [0.3, 0.4) is 0 Å². The van der Waals surface area contributed by atoms with Crippen LogP contribution in [0.4, 0.5) is 0 Å². The number of benzene rings is 2. The minimum absolute atomic E-state index is 0.00784. The highest BCUT2D eigenvalue weighted by atomic mass is 16.7. The van der Waals surface area contributed by atoms with Crippen molar-refractivity contribution in [1.29, 1.82) is 0 Å². The van der Waals surface area contributed by atoms with Crippen LogP contribution in [0.5, 0.6) is 0 Å². The van der Waals surface area contributed by atoms with E-state index in [0.717, 1.165) is 45.7 Å². The summed E-state index contributed by atoms with van der Waals surface area (Å²) in [6.45, 7) is 12.7. The molecule has 4 heteroatoms. The molecule has 2 aliphatic heterocycles. The van der Waals surface area contributed by atoms with Gasteiger partial charge in [-0.3, -0.25) is 0 Å². The third-order valence-electron chi connectivity index (χ3n) is 9.85. The molecule has 0 N–H and O–H groups in total. The van der Waals surface area contributed by atoms with Crippen LogP contribution < -0.4 is 0 Å². The van der Waals surface area contributed by atoms with Crippen molar-refractivity contribution in [1.82, 2.24) is 0 Å². The normalized spacial score (nSPS) is 23.0. The summed E-state index contributed by atoms with van der Waals surface area (Å²) >= 11 is 0. The van der Waals surface area contributed by atoms with Gasteiger partial charge in [-0.05, 0) is 109 Å². The highest BCUT2D eigenvalue weighted by molar-refractivity contribution is 5.98. The summed E-state index contributed by atoms with van der Waals surface area (Å²) in [6, 6.07) is 13.8. The van der Waals surface area contributed by atoms with Crippen molar-refractivity contribution in [2.45, 2.75) is 136 Å². The lowest BCUT2D eigenvalue weighted by molar-refractivity contribution is -0.176. The van der Waals surface area contributed by atoms with E-state index in [-0.39, 0.29) is 23.4 Å². The van der Waals surface area contributed by atoms with E-state index in [1.165, 1.54) is 92.5 Å². The van der Waals surface area contributed by atoms with Gasteiger partial charge in [-0.2, -0.15) is 0 Å². The molecule has 0 saturated carbocycles. The second-order valence-electron chi connectivity index (χ2n) is 15.0. The van der Waals surface area contributed by atoms with Crippen molar-refractivity contribution in [3.63, 3.8) is 0 Å². The summed E-state index contributed by atoms with van der Waals surface area (Å²) in [5.74, 6) is 0.504. The largest absolute Gasteiger partial charge is 0.353 e. The predicted molar refractivity (Wildman–Crippen MR) is 178 cm³/mol. The van der Waals surface area contributed by atoms with Gasteiger partial charge in [0, 0.05) is 19.1 Å². The number of allylic oxidation sites excluding steroid dienone is 2. The standard InChI is InChI=1S/C39H58O4/c1-38(2,28-42-35-21-7-11-25-40-35)23-9-5-15-31-27-32(34-20-14-18-30-17-13-19-33(31)37(30)34)16-6-10-24-39(3,4)29-43-36-22-8-12-26-41-36/h13-14,17-20,27,31,35-36H,5-12,15-16,21-26,28-29H2,1-4H3. The number of hydrogen-bond acceptors (Lipinski definition) is 4. The number of unbranched alkanes of at least 4 members (excludes halogenated alkanes) is 2. The van der Waals surface area contributed by atoms with Crippen LogP contribution in [0.25, 0.3) is 16.3 Å². The zero-order valence-electron chi connectivity index (χ0n) is 27.6. The third-order valence-corrected chi connectivity index (χ3v) is 9.85. The average Bonchev–Trinajstić information content (AvgIpc) is 3.02. The lowest BCUT2D eigenvalue weighted by Crippen LogP contribution is -2.28. The van der Waals surface area contributed by atoms with Crippen LogP contribution in [0.15, 0.2) is 42.5 Å². The van der Waals surface area contributed by atoms with Gasteiger partial charge in [-0.25, -0.2) is 0 Å². The molecule has 1 aliphatic carbocycles. The van der Waals surface area contributed by atoms with Crippen molar-refractivity contribution in [3.05, 3.63) is 53.6 Å². The predicted octanol–water partition coefficient (Wildman–Crippen LogP) is 10.6. The summed E-state index contributed by atoms with van der Waals surface area (Å²) in [4.78, 5) is 0. The van der Waals surface area contributed by atoms with Gasteiger partial charge in [0.1, 0.15) is 0 Å². The summed E-state index contributed by atoms with van der Waals surface area (Å²) in [5.41, 5.74) is 4.91. The van der Waals surface area contributed by atoms with Crippen molar-refractivity contribution < 1.29 is 18.9 Å². The van der Waals surface area contributed by atoms with E-state index in [4.69, 9.17) is 18.9 Å². The molecule has 0 amide bonds. The maximum absolute atomic E-state index is 6.15. The molecule has 43 heavy (non-hydrogen) atoms. The molecule has 4 nitrogen and oxygen atoms in total. The topological polar surface area (TPSA) is 36.9 Å². The number of ether oxygens (including phenoxy) is 4. The van der Waals surface area contributed by atoms with Gasteiger partial charge >= 0.3 is 0 Å². The summed E-state index contributed by atoms with van der Waals surface area (Å²) in [5, 5.41) is 2.88. The second kappa shape index (κ2) is 15.5. The number of hydrogen-bond donors (Lipinski definition) is 0. The van der Waals surface area contributed by atoms with E-state index < -0.39 is 0 Å². The van der Waals surface area contributed by atoms with Gasteiger partial charge in [-0.15, -0.1) is 0 Å². The first-order valence-corrected chi connectivity index (χ1v) is 17.5. The number of rotatable bonds is 16. The Balaban J connectivity index is 1.13. The van der Waals surface area contributed by atoms with E-state index in [2.05, 4.69) is 70.2 Å². The quantitative estimate of drug-likeness (QED) is 0.182. The Kier molecular flexibility index (Phi) is 11.8. The molecular formula is C39H58O4. The van der Waals surface area contributed by atoms with Gasteiger partial charge in [0.05, 0.1) is 13.2 Å². The van der Waals surface area contributed by atoms with Crippen LogP contribution in [-0.2, 0) is 18.9 Å². The Morgan fingerprint density at radius 2 is 1.33 bits per heavy atom.